The molecule has 0 unspecified atom stereocenters. The third kappa shape index (κ3) is 3.79. The van der Waals surface area contributed by atoms with Crippen molar-refractivity contribution in [1.82, 2.24) is 0 Å². The van der Waals surface area contributed by atoms with E-state index in [1.807, 2.05) is 19.1 Å². The Bertz CT molecular complexity index is 254. The van der Waals surface area contributed by atoms with Crippen LogP contribution in [0.2, 0.25) is 0 Å². The molecule has 0 aliphatic heterocycles. The summed E-state index contributed by atoms with van der Waals surface area (Å²) < 4.78 is 5.48. The van der Waals surface area contributed by atoms with Crippen molar-refractivity contribution in [2.24, 2.45) is 5.73 Å². The maximum Gasteiger partial charge on any atom is 0.119 e. The van der Waals surface area contributed by atoms with Crippen molar-refractivity contribution in [3.63, 3.8) is 0 Å². The third-order valence-corrected chi connectivity index (χ3v) is 1.97. The second-order valence-electron chi connectivity index (χ2n) is 3.68. The van der Waals surface area contributed by atoms with Crippen LogP contribution < -0.4 is 10.5 Å². The second kappa shape index (κ2) is 5.66. The largest absolute Gasteiger partial charge is 0.492 e. The van der Waals surface area contributed by atoms with Crippen molar-refractivity contribution < 1.29 is 4.74 Å². The summed E-state index contributed by atoms with van der Waals surface area (Å²) in [5, 5.41) is 0. The molecule has 0 saturated heterocycles. The molecule has 0 spiro atoms. The zero-order valence-corrected chi connectivity index (χ0v) is 8.99. The molecule has 2 nitrogen and oxygen atoms in total. The highest BCUT2D eigenvalue weighted by Gasteiger charge is 1.97. The first-order valence-corrected chi connectivity index (χ1v) is 5.19. The van der Waals surface area contributed by atoms with E-state index in [4.69, 9.17) is 10.5 Å². The van der Waals surface area contributed by atoms with Gasteiger partial charge in [0.1, 0.15) is 12.4 Å². The van der Waals surface area contributed by atoms with Crippen molar-refractivity contribution >= 4 is 0 Å². The topological polar surface area (TPSA) is 35.2 Å². The molecule has 0 aliphatic carbocycles. The minimum absolute atomic E-state index is 0.0883. The summed E-state index contributed by atoms with van der Waals surface area (Å²) in [5.41, 5.74) is 6.95. The molecule has 14 heavy (non-hydrogen) atoms. The number of rotatable bonds is 5. The Hall–Kier alpha value is -1.02. The lowest BCUT2D eigenvalue weighted by atomic mass is 10.1. The maximum atomic E-state index is 5.59. The minimum atomic E-state index is 0.0883. The van der Waals surface area contributed by atoms with Crippen molar-refractivity contribution in [3.05, 3.63) is 29.8 Å². The van der Waals surface area contributed by atoms with Gasteiger partial charge in [-0.2, -0.15) is 0 Å². The highest BCUT2D eigenvalue weighted by atomic mass is 16.5. The molecule has 0 fully saturated rings. The Morgan fingerprint density at radius 2 is 1.93 bits per heavy atom. The molecule has 0 aliphatic rings. The van der Waals surface area contributed by atoms with Crippen molar-refractivity contribution in [1.29, 1.82) is 0 Å². The molecular formula is C12H19NO. The fourth-order valence-corrected chi connectivity index (χ4v) is 1.27. The highest BCUT2D eigenvalue weighted by molar-refractivity contribution is 5.27. The van der Waals surface area contributed by atoms with Gasteiger partial charge in [-0.15, -0.1) is 0 Å². The molecule has 2 N–H and O–H groups in total. The lowest BCUT2D eigenvalue weighted by molar-refractivity contribution is 0.296. The van der Waals surface area contributed by atoms with E-state index in [0.717, 1.165) is 12.2 Å². The molecule has 2 heteroatoms. The third-order valence-electron chi connectivity index (χ3n) is 1.97. The van der Waals surface area contributed by atoms with Gasteiger partial charge in [0.15, 0.2) is 0 Å². The molecular weight excluding hydrogens is 174 g/mol. The van der Waals surface area contributed by atoms with Gasteiger partial charge in [-0.25, -0.2) is 0 Å². The van der Waals surface area contributed by atoms with Crippen LogP contribution in [0, 0.1) is 0 Å². The summed E-state index contributed by atoms with van der Waals surface area (Å²) in [6, 6.07) is 8.33. The average Bonchev–Trinajstić information content (AvgIpc) is 2.17. The van der Waals surface area contributed by atoms with Gasteiger partial charge in [0.2, 0.25) is 0 Å². The molecule has 1 atom stereocenters. The molecule has 0 aromatic heterocycles. The monoisotopic (exact) mass is 193 g/mol. The lowest BCUT2D eigenvalue weighted by Gasteiger charge is -2.08. The smallest absolute Gasteiger partial charge is 0.119 e. The molecule has 1 rings (SSSR count). The molecule has 0 radical (unpaired) electrons. The van der Waals surface area contributed by atoms with Crippen LogP contribution in [0.15, 0.2) is 24.3 Å². The number of hydrogen-bond donors (Lipinski definition) is 1. The summed E-state index contributed by atoms with van der Waals surface area (Å²) in [6.07, 6.45) is 2.31. The molecule has 1 aromatic carbocycles. The van der Waals surface area contributed by atoms with E-state index in [0.29, 0.717) is 6.61 Å². The number of benzene rings is 1. The van der Waals surface area contributed by atoms with Crippen LogP contribution in [0.25, 0.3) is 0 Å². The van der Waals surface area contributed by atoms with Crippen molar-refractivity contribution in [2.75, 3.05) is 6.61 Å². The van der Waals surface area contributed by atoms with Gasteiger partial charge in [0.25, 0.3) is 0 Å². The van der Waals surface area contributed by atoms with Crippen LogP contribution in [0.3, 0.4) is 0 Å². The summed E-state index contributed by atoms with van der Waals surface area (Å²) in [4.78, 5) is 0. The van der Waals surface area contributed by atoms with Gasteiger partial charge in [0, 0.05) is 6.04 Å². The Morgan fingerprint density at radius 3 is 2.43 bits per heavy atom. The van der Waals surface area contributed by atoms with E-state index < -0.39 is 0 Å². The average molecular weight is 193 g/mol. The van der Waals surface area contributed by atoms with E-state index >= 15 is 0 Å². The predicted octanol–water partition coefficient (Wildman–Crippen LogP) is 2.37. The van der Waals surface area contributed by atoms with E-state index in [1.165, 1.54) is 12.0 Å². The fraction of sp³-hybridized carbons (Fsp3) is 0.500. The van der Waals surface area contributed by atoms with Crippen molar-refractivity contribution in [3.8, 4) is 5.75 Å². The number of aryl methyl sites for hydroxylation is 1. The van der Waals surface area contributed by atoms with E-state index in [9.17, 15) is 0 Å². The van der Waals surface area contributed by atoms with Crippen LogP contribution in [-0.2, 0) is 6.42 Å². The second-order valence-corrected chi connectivity index (χ2v) is 3.68. The zero-order chi connectivity index (χ0) is 10.4. The molecule has 0 heterocycles. The molecule has 0 bridgehead atoms. The first kappa shape index (κ1) is 11.1. The van der Waals surface area contributed by atoms with Gasteiger partial charge in [-0.1, -0.05) is 25.5 Å². The van der Waals surface area contributed by atoms with Crippen LogP contribution in [0.4, 0.5) is 0 Å². The Balaban J connectivity index is 2.46. The van der Waals surface area contributed by atoms with Gasteiger partial charge in [-0.05, 0) is 31.0 Å². The first-order valence-electron chi connectivity index (χ1n) is 5.19. The fourth-order valence-electron chi connectivity index (χ4n) is 1.27. The van der Waals surface area contributed by atoms with E-state index in [1.54, 1.807) is 0 Å². The van der Waals surface area contributed by atoms with Gasteiger partial charge in [0.05, 0.1) is 0 Å². The normalized spacial score (nSPS) is 12.5. The van der Waals surface area contributed by atoms with Crippen molar-refractivity contribution in [2.45, 2.75) is 32.7 Å². The number of ether oxygens (including phenoxy) is 1. The van der Waals surface area contributed by atoms with Crippen LogP contribution in [-0.4, -0.2) is 12.6 Å². The standard InChI is InChI=1S/C12H19NO/c1-3-4-11-5-7-12(8-6-11)14-9-10(2)13/h5-8,10H,3-4,9,13H2,1-2H3/t10-/m1/s1. The van der Waals surface area contributed by atoms with E-state index in [-0.39, 0.29) is 6.04 Å². The van der Waals surface area contributed by atoms with Gasteiger partial charge in [-0.3, -0.25) is 0 Å². The lowest BCUT2D eigenvalue weighted by Crippen LogP contribution is -2.23. The summed E-state index contributed by atoms with van der Waals surface area (Å²) in [7, 11) is 0. The number of nitrogens with two attached hydrogens (primary N) is 1. The van der Waals surface area contributed by atoms with E-state index in [2.05, 4.69) is 19.1 Å². The Labute approximate surface area is 86.1 Å². The Morgan fingerprint density at radius 1 is 1.29 bits per heavy atom. The summed E-state index contributed by atoms with van der Waals surface area (Å²) in [5.74, 6) is 0.905. The molecule has 0 saturated carbocycles. The predicted molar refractivity (Wildman–Crippen MR) is 59.6 cm³/mol. The first-order chi connectivity index (χ1) is 6.72. The zero-order valence-electron chi connectivity index (χ0n) is 8.99. The van der Waals surface area contributed by atoms with Crippen LogP contribution in [0.5, 0.6) is 5.75 Å². The number of hydrogen-bond acceptors (Lipinski definition) is 2. The molecule has 0 amide bonds. The summed E-state index contributed by atoms with van der Waals surface area (Å²) in [6.45, 7) is 4.69. The van der Waals surface area contributed by atoms with Gasteiger partial charge >= 0.3 is 0 Å². The summed E-state index contributed by atoms with van der Waals surface area (Å²) >= 11 is 0. The van der Waals surface area contributed by atoms with Crippen LogP contribution >= 0.6 is 0 Å². The Kier molecular flexibility index (Phi) is 4.47. The highest BCUT2D eigenvalue weighted by Crippen LogP contribution is 2.13. The quantitative estimate of drug-likeness (QED) is 0.779. The maximum absolute atomic E-state index is 5.59. The molecule has 78 valence electrons. The molecule has 1 aromatic rings. The SMILES string of the molecule is CCCc1ccc(OC[C@@H](C)N)cc1. The van der Waals surface area contributed by atoms with Gasteiger partial charge < -0.3 is 10.5 Å². The minimum Gasteiger partial charge on any atom is -0.492 e. The van der Waals surface area contributed by atoms with Crippen LogP contribution in [0.1, 0.15) is 25.8 Å².